The molecule has 0 radical (unpaired) electrons. The fourth-order valence-corrected chi connectivity index (χ4v) is 3.78. The third kappa shape index (κ3) is 6.17. The Morgan fingerprint density at radius 3 is 2.35 bits per heavy atom. The SMILES string of the molecule is CC(C)Oc1ccc(N(CC(=O)NC2CCN(C)CC2)S(C)(=O)=O)cc1. The second-order valence-corrected chi connectivity index (χ2v) is 8.98. The second kappa shape index (κ2) is 8.73. The quantitative estimate of drug-likeness (QED) is 0.771. The van der Waals surface area contributed by atoms with Crippen molar-refractivity contribution in [1.29, 1.82) is 0 Å². The van der Waals surface area contributed by atoms with Gasteiger partial charge in [-0.25, -0.2) is 8.42 Å². The number of rotatable bonds is 7. The van der Waals surface area contributed by atoms with E-state index in [0.29, 0.717) is 11.4 Å². The normalized spacial score (nSPS) is 16.5. The van der Waals surface area contributed by atoms with Crippen molar-refractivity contribution in [3.63, 3.8) is 0 Å². The molecule has 7 nitrogen and oxygen atoms in total. The maximum absolute atomic E-state index is 12.4. The number of likely N-dealkylation sites (tertiary alicyclic amines) is 1. The molecular weight excluding hydrogens is 354 g/mol. The van der Waals surface area contributed by atoms with Gasteiger partial charge in [-0.1, -0.05) is 0 Å². The number of amides is 1. The summed E-state index contributed by atoms with van der Waals surface area (Å²) >= 11 is 0. The molecule has 1 saturated heterocycles. The number of benzene rings is 1. The second-order valence-electron chi connectivity index (χ2n) is 7.08. The number of hydrogen-bond donors (Lipinski definition) is 1. The highest BCUT2D eigenvalue weighted by atomic mass is 32.2. The zero-order valence-corrected chi connectivity index (χ0v) is 16.8. The summed E-state index contributed by atoms with van der Waals surface area (Å²) in [5.41, 5.74) is 0.446. The number of anilines is 1. The van der Waals surface area contributed by atoms with Gasteiger partial charge in [0.25, 0.3) is 0 Å². The number of nitrogens with zero attached hydrogens (tertiary/aromatic N) is 2. The Kier molecular flexibility index (Phi) is 6.88. The highest BCUT2D eigenvalue weighted by molar-refractivity contribution is 7.92. The Balaban J connectivity index is 2.04. The minimum absolute atomic E-state index is 0.0344. The predicted octanol–water partition coefficient (Wildman–Crippen LogP) is 1.45. The van der Waals surface area contributed by atoms with E-state index < -0.39 is 10.0 Å². The summed E-state index contributed by atoms with van der Waals surface area (Å²) in [6.45, 7) is 5.47. The smallest absolute Gasteiger partial charge is 0.240 e. The van der Waals surface area contributed by atoms with Gasteiger partial charge in [0.05, 0.1) is 18.0 Å². The molecule has 146 valence electrons. The minimum Gasteiger partial charge on any atom is -0.491 e. The molecule has 0 bridgehead atoms. The maximum atomic E-state index is 12.4. The van der Waals surface area contributed by atoms with Gasteiger partial charge in [-0.2, -0.15) is 0 Å². The molecule has 1 aliphatic heterocycles. The topological polar surface area (TPSA) is 79.0 Å². The summed E-state index contributed by atoms with van der Waals surface area (Å²) in [5.74, 6) is 0.375. The number of piperidine rings is 1. The third-order valence-electron chi connectivity index (χ3n) is 4.27. The van der Waals surface area contributed by atoms with Crippen molar-refractivity contribution < 1.29 is 17.9 Å². The van der Waals surface area contributed by atoms with E-state index in [1.807, 2.05) is 13.8 Å². The molecule has 0 aliphatic carbocycles. The van der Waals surface area contributed by atoms with Gasteiger partial charge < -0.3 is 15.0 Å². The molecule has 2 rings (SSSR count). The van der Waals surface area contributed by atoms with Crippen molar-refractivity contribution >= 4 is 21.6 Å². The van der Waals surface area contributed by atoms with Gasteiger partial charge in [0, 0.05) is 6.04 Å². The van der Waals surface area contributed by atoms with Crippen LogP contribution in [0.5, 0.6) is 5.75 Å². The highest BCUT2D eigenvalue weighted by Gasteiger charge is 2.24. The number of nitrogens with one attached hydrogen (secondary N) is 1. The first-order chi connectivity index (χ1) is 12.1. The zero-order chi connectivity index (χ0) is 19.3. The lowest BCUT2D eigenvalue weighted by Gasteiger charge is -2.30. The number of sulfonamides is 1. The molecule has 1 aromatic carbocycles. The molecule has 1 fully saturated rings. The largest absolute Gasteiger partial charge is 0.491 e. The summed E-state index contributed by atoms with van der Waals surface area (Å²) < 4.78 is 31.0. The molecular formula is C18H29N3O4S. The number of carbonyl (C=O) groups excluding carboxylic acids is 1. The fraction of sp³-hybridized carbons (Fsp3) is 0.611. The van der Waals surface area contributed by atoms with E-state index in [1.54, 1.807) is 24.3 Å². The van der Waals surface area contributed by atoms with Crippen molar-refractivity contribution in [3.8, 4) is 5.75 Å². The summed E-state index contributed by atoms with van der Waals surface area (Å²) in [6.07, 6.45) is 2.89. The Hall–Kier alpha value is -1.80. The maximum Gasteiger partial charge on any atom is 0.240 e. The molecule has 8 heteroatoms. The Bertz CT molecular complexity index is 696. The fourth-order valence-electron chi connectivity index (χ4n) is 2.92. The molecule has 1 heterocycles. The van der Waals surface area contributed by atoms with E-state index in [1.165, 1.54) is 0 Å². The summed E-state index contributed by atoms with van der Waals surface area (Å²) in [6, 6.07) is 6.83. The minimum atomic E-state index is -3.58. The van der Waals surface area contributed by atoms with Crippen LogP contribution < -0.4 is 14.4 Å². The molecule has 1 aromatic rings. The van der Waals surface area contributed by atoms with E-state index in [2.05, 4.69) is 17.3 Å². The average molecular weight is 384 g/mol. The third-order valence-corrected chi connectivity index (χ3v) is 5.41. The Morgan fingerprint density at radius 2 is 1.85 bits per heavy atom. The molecule has 0 saturated carbocycles. The number of carbonyl (C=O) groups is 1. The molecule has 0 atom stereocenters. The summed E-state index contributed by atoms with van der Waals surface area (Å²) in [7, 11) is -1.52. The van der Waals surface area contributed by atoms with Crippen molar-refractivity contribution in [2.45, 2.75) is 38.8 Å². The van der Waals surface area contributed by atoms with Crippen molar-refractivity contribution in [2.75, 3.05) is 37.2 Å². The number of ether oxygens (including phenoxy) is 1. The van der Waals surface area contributed by atoms with Crippen LogP contribution in [-0.2, 0) is 14.8 Å². The van der Waals surface area contributed by atoms with E-state index in [4.69, 9.17) is 4.74 Å². The van der Waals surface area contributed by atoms with Crippen LogP contribution in [0.4, 0.5) is 5.69 Å². The van der Waals surface area contributed by atoms with Crippen molar-refractivity contribution in [2.24, 2.45) is 0 Å². The molecule has 0 aromatic heterocycles. The first kappa shape index (κ1) is 20.5. The summed E-state index contributed by atoms with van der Waals surface area (Å²) in [5, 5.41) is 2.95. The lowest BCUT2D eigenvalue weighted by atomic mass is 10.1. The molecule has 1 N–H and O–H groups in total. The molecule has 0 unspecified atom stereocenters. The van der Waals surface area contributed by atoms with Gasteiger partial charge in [0.2, 0.25) is 15.9 Å². The van der Waals surface area contributed by atoms with E-state index in [9.17, 15) is 13.2 Å². The van der Waals surface area contributed by atoms with Gasteiger partial charge in [0.15, 0.2) is 0 Å². The predicted molar refractivity (Wildman–Crippen MR) is 103 cm³/mol. The number of hydrogen-bond acceptors (Lipinski definition) is 5. The lowest BCUT2D eigenvalue weighted by molar-refractivity contribution is -0.120. The average Bonchev–Trinajstić information content (AvgIpc) is 2.54. The molecule has 0 spiro atoms. The standard InChI is InChI=1S/C18H29N3O4S/c1-14(2)25-17-7-5-16(6-8-17)21(26(4,23)24)13-18(22)19-15-9-11-20(3)12-10-15/h5-8,14-15H,9-13H2,1-4H3,(H,19,22). The lowest BCUT2D eigenvalue weighted by Crippen LogP contribution is -2.47. The van der Waals surface area contributed by atoms with Crippen LogP contribution >= 0.6 is 0 Å². The van der Waals surface area contributed by atoms with Gasteiger partial charge in [0.1, 0.15) is 12.3 Å². The van der Waals surface area contributed by atoms with Crippen LogP contribution in [0, 0.1) is 0 Å². The van der Waals surface area contributed by atoms with E-state index in [-0.39, 0.29) is 24.6 Å². The van der Waals surface area contributed by atoms with Crippen LogP contribution in [0.15, 0.2) is 24.3 Å². The van der Waals surface area contributed by atoms with Crippen molar-refractivity contribution in [3.05, 3.63) is 24.3 Å². The monoisotopic (exact) mass is 383 g/mol. The molecule has 1 amide bonds. The molecule has 26 heavy (non-hydrogen) atoms. The van der Waals surface area contributed by atoms with Gasteiger partial charge in [-0.05, 0) is 71.1 Å². The van der Waals surface area contributed by atoms with Gasteiger partial charge in [-0.3, -0.25) is 9.10 Å². The van der Waals surface area contributed by atoms with Crippen LogP contribution in [0.1, 0.15) is 26.7 Å². The van der Waals surface area contributed by atoms with Gasteiger partial charge >= 0.3 is 0 Å². The first-order valence-corrected chi connectivity index (χ1v) is 10.7. The highest BCUT2D eigenvalue weighted by Crippen LogP contribution is 2.22. The van der Waals surface area contributed by atoms with Crippen molar-refractivity contribution in [1.82, 2.24) is 10.2 Å². The Morgan fingerprint density at radius 1 is 1.27 bits per heavy atom. The summed E-state index contributed by atoms with van der Waals surface area (Å²) in [4.78, 5) is 14.6. The van der Waals surface area contributed by atoms with Gasteiger partial charge in [-0.15, -0.1) is 0 Å². The van der Waals surface area contributed by atoms with E-state index >= 15 is 0 Å². The van der Waals surface area contributed by atoms with Crippen LogP contribution in [-0.4, -0.2) is 64.3 Å². The zero-order valence-electron chi connectivity index (χ0n) is 15.9. The first-order valence-electron chi connectivity index (χ1n) is 8.87. The molecule has 1 aliphatic rings. The van der Waals surface area contributed by atoms with Crippen LogP contribution in [0.25, 0.3) is 0 Å². The Labute approximate surface area is 156 Å². The van der Waals surface area contributed by atoms with Crippen LogP contribution in [0.2, 0.25) is 0 Å². The van der Waals surface area contributed by atoms with E-state index in [0.717, 1.165) is 36.5 Å². The van der Waals surface area contributed by atoms with Crippen LogP contribution in [0.3, 0.4) is 0 Å².